The Balaban J connectivity index is 2.34. The number of hydrogen-bond donors (Lipinski definition) is 1. The van der Waals surface area contributed by atoms with Crippen molar-refractivity contribution in [2.45, 2.75) is 13.8 Å². The van der Waals surface area contributed by atoms with E-state index in [4.69, 9.17) is 4.98 Å². The van der Waals surface area contributed by atoms with Crippen molar-refractivity contribution in [1.29, 1.82) is 0 Å². The highest BCUT2D eigenvalue weighted by Gasteiger charge is 2.12. The third-order valence-electron chi connectivity index (χ3n) is 3.61. The predicted octanol–water partition coefficient (Wildman–Crippen LogP) is 3.59. The quantitative estimate of drug-likeness (QED) is 0.496. The third-order valence-corrected chi connectivity index (χ3v) is 3.61. The first-order chi connectivity index (χ1) is 8.75. The third kappa shape index (κ3) is 1.06. The molecule has 18 heavy (non-hydrogen) atoms. The fourth-order valence-electron chi connectivity index (χ4n) is 2.71. The first kappa shape index (κ1) is 9.71. The lowest BCUT2D eigenvalue weighted by Gasteiger charge is -1.99. The number of H-pyrrole nitrogens is 1. The summed E-state index contributed by atoms with van der Waals surface area (Å²) >= 11 is 0. The number of aryl methyl sites for hydroxylation is 2. The van der Waals surface area contributed by atoms with Crippen molar-refractivity contribution in [1.82, 2.24) is 14.4 Å². The van der Waals surface area contributed by atoms with Crippen LogP contribution >= 0.6 is 0 Å². The number of nitrogens with one attached hydrogen (secondary N) is 1. The number of aromatic nitrogens is 3. The summed E-state index contributed by atoms with van der Waals surface area (Å²) < 4.78 is 2.18. The van der Waals surface area contributed by atoms with Gasteiger partial charge in [-0.1, -0.05) is 24.3 Å². The monoisotopic (exact) mass is 235 g/mol. The Morgan fingerprint density at radius 3 is 2.78 bits per heavy atom. The normalized spacial score (nSPS) is 11.9. The molecule has 0 aliphatic carbocycles. The number of pyridine rings is 1. The lowest BCUT2D eigenvalue weighted by Crippen LogP contribution is -1.90. The van der Waals surface area contributed by atoms with Crippen molar-refractivity contribution < 1.29 is 0 Å². The molecule has 4 rings (SSSR count). The standard InChI is InChI=1S/C15H13N3/c1-9-5-3-7-11-13(9)17-15-14(11)16-12-8-4-6-10(2)18(12)15/h3-8,17H,1-2H3. The lowest BCUT2D eigenvalue weighted by molar-refractivity contribution is 1.11. The highest BCUT2D eigenvalue weighted by molar-refractivity contribution is 6.06. The summed E-state index contributed by atoms with van der Waals surface area (Å²) in [6.45, 7) is 4.23. The maximum absolute atomic E-state index is 4.74. The van der Waals surface area contributed by atoms with Crippen molar-refractivity contribution in [2.75, 3.05) is 0 Å². The molecule has 88 valence electrons. The second-order valence-corrected chi connectivity index (χ2v) is 4.79. The molecule has 0 spiro atoms. The zero-order chi connectivity index (χ0) is 12.3. The zero-order valence-electron chi connectivity index (χ0n) is 10.4. The van der Waals surface area contributed by atoms with Crippen molar-refractivity contribution in [3.63, 3.8) is 0 Å². The van der Waals surface area contributed by atoms with E-state index in [9.17, 15) is 0 Å². The van der Waals surface area contributed by atoms with Gasteiger partial charge >= 0.3 is 0 Å². The maximum atomic E-state index is 4.74. The minimum Gasteiger partial charge on any atom is -0.339 e. The van der Waals surface area contributed by atoms with E-state index in [0.29, 0.717) is 0 Å². The van der Waals surface area contributed by atoms with E-state index in [0.717, 1.165) is 16.8 Å². The van der Waals surface area contributed by atoms with Crippen molar-refractivity contribution in [2.24, 2.45) is 0 Å². The highest BCUT2D eigenvalue weighted by atomic mass is 15.1. The number of aromatic amines is 1. The number of hydrogen-bond acceptors (Lipinski definition) is 1. The fourth-order valence-corrected chi connectivity index (χ4v) is 2.71. The Kier molecular flexibility index (Phi) is 1.69. The molecule has 0 saturated carbocycles. The summed E-state index contributed by atoms with van der Waals surface area (Å²) in [6, 6.07) is 12.5. The topological polar surface area (TPSA) is 33.1 Å². The smallest absolute Gasteiger partial charge is 0.143 e. The van der Waals surface area contributed by atoms with Crippen LogP contribution in [0.2, 0.25) is 0 Å². The van der Waals surface area contributed by atoms with Crippen LogP contribution in [0.15, 0.2) is 36.4 Å². The van der Waals surface area contributed by atoms with Crippen molar-refractivity contribution >= 4 is 27.7 Å². The number of fused-ring (bicyclic) bond motifs is 5. The summed E-state index contributed by atoms with van der Waals surface area (Å²) in [5.41, 5.74) is 6.79. The van der Waals surface area contributed by atoms with Gasteiger partial charge in [-0.15, -0.1) is 0 Å². The second kappa shape index (κ2) is 3.13. The van der Waals surface area contributed by atoms with Gasteiger partial charge in [-0.05, 0) is 31.5 Å². The molecule has 3 heterocycles. The molecule has 0 aliphatic heterocycles. The minimum absolute atomic E-state index is 1.000. The van der Waals surface area contributed by atoms with Gasteiger partial charge in [0.25, 0.3) is 0 Å². The molecule has 0 unspecified atom stereocenters. The molecular formula is C15H13N3. The van der Waals surface area contributed by atoms with Crippen LogP contribution in [-0.4, -0.2) is 14.4 Å². The molecule has 1 aromatic carbocycles. The van der Waals surface area contributed by atoms with E-state index in [1.54, 1.807) is 0 Å². The molecular weight excluding hydrogens is 222 g/mol. The molecule has 4 aromatic rings. The van der Waals surface area contributed by atoms with Gasteiger partial charge < -0.3 is 4.98 Å². The zero-order valence-corrected chi connectivity index (χ0v) is 10.4. The van der Waals surface area contributed by atoms with E-state index in [1.165, 1.54) is 22.2 Å². The lowest BCUT2D eigenvalue weighted by atomic mass is 10.1. The number of para-hydroxylation sites is 1. The summed E-state index contributed by atoms with van der Waals surface area (Å²) in [5, 5.41) is 1.20. The van der Waals surface area contributed by atoms with Crippen LogP contribution in [0.3, 0.4) is 0 Å². The number of benzene rings is 1. The number of nitrogens with zero attached hydrogens (tertiary/aromatic N) is 2. The SMILES string of the molecule is Cc1cccc2c1[nH]c1c2nc2cccc(C)n21. The fraction of sp³-hybridized carbons (Fsp3) is 0.133. The molecule has 1 N–H and O–H groups in total. The van der Waals surface area contributed by atoms with Crippen LogP contribution in [0.5, 0.6) is 0 Å². The molecule has 3 nitrogen and oxygen atoms in total. The Hall–Kier alpha value is -2.29. The van der Waals surface area contributed by atoms with Gasteiger partial charge in [0, 0.05) is 11.1 Å². The molecule has 0 fully saturated rings. The average molecular weight is 235 g/mol. The van der Waals surface area contributed by atoms with E-state index < -0.39 is 0 Å². The summed E-state index contributed by atoms with van der Waals surface area (Å²) in [5.74, 6) is 0. The number of rotatable bonds is 0. The average Bonchev–Trinajstić information content (AvgIpc) is 2.87. The largest absolute Gasteiger partial charge is 0.339 e. The first-order valence-corrected chi connectivity index (χ1v) is 6.11. The van der Waals surface area contributed by atoms with Gasteiger partial charge in [0.2, 0.25) is 0 Å². The Morgan fingerprint density at radius 2 is 1.89 bits per heavy atom. The van der Waals surface area contributed by atoms with Crippen LogP contribution < -0.4 is 0 Å². The Labute approximate surface area is 104 Å². The first-order valence-electron chi connectivity index (χ1n) is 6.11. The van der Waals surface area contributed by atoms with Gasteiger partial charge in [0.1, 0.15) is 16.8 Å². The van der Waals surface area contributed by atoms with E-state index in [-0.39, 0.29) is 0 Å². The molecule has 0 aliphatic rings. The van der Waals surface area contributed by atoms with Crippen molar-refractivity contribution in [3.8, 4) is 0 Å². The van der Waals surface area contributed by atoms with Gasteiger partial charge in [-0.25, -0.2) is 4.98 Å². The Morgan fingerprint density at radius 1 is 1.06 bits per heavy atom. The van der Waals surface area contributed by atoms with E-state index in [1.807, 2.05) is 12.1 Å². The summed E-state index contributed by atoms with van der Waals surface area (Å²) in [4.78, 5) is 8.25. The summed E-state index contributed by atoms with van der Waals surface area (Å²) in [7, 11) is 0. The maximum Gasteiger partial charge on any atom is 0.143 e. The highest BCUT2D eigenvalue weighted by Crippen LogP contribution is 2.28. The Bertz CT molecular complexity index is 896. The minimum atomic E-state index is 1.000. The molecule has 0 bridgehead atoms. The van der Waals surface area contributed by atoms with E-state index in [2.05, 4.69) is 47.5 Å². The molecule has 3 heteroatoms. The van der Waals surface area contributed by atoms with Crippen LogP contribution in [0.4, 0.5) is 0 Å². The van der Waals surface area contributed by atoms with Gasteiger partial charge in [-0.2, -0.15) is 0 Å². The summed E-state index contributed by atoms with van der Waals surface area (Å²) in [6.07, 6.45) is 0. The van der Waals surface area contributed by atoms with Crippen LogP contribution in [0.25, 0.3) is 27.7 Å². The van der Waals surface area contributed by atoms with Gasteiger partial charge in [0.15, 0.2) is 0 Å². The molecule has 0 radical (unpaired) electrons. The number of imidazole rings is 1. The van der Waals surface area contributed by atoms with Gasteiger partial charge in [0.05, 0.1) is 5.52 Å². The van der Waals surface area contributed by atoms with Crippen molar-refractivity contribution in [3.05, 3.63) is 47.7 Å². The molecule has 0 atom stereocenters. The predicted molar refractivity (Wildman–Crippen MR) is 74.0 cm³/mol. The molecule has 0 saturated heterocycles. The van der Waals surface area contributed by atoms with Crippen LogP contribution in [0.1, 0.15) is 11.3 Å². The second-order valence-electron chi connectivity index (χ2n) is 4.79. The van der Waals surface area contributed by atoms with Crippen LogP contribution in [-0.2, 0) is 0 Å². The molecule has 0 amide bonds. The van der Waals surface area contributed by atoms with Gasteiger partial charge in [-0.3, -0.25) is 4.40 Å². The van der Waals surface area contributed by atoms with E-state index >= 15 is 0 Å². The van der Waals surface area contributed by atoms with Crippen LogP contribution in [0, 0.1) is 13.8 Å². The molecule has 3 aromatic heterocycles.